The molecule has 4 heteroatoms. The molecule has 0 aromatic heterocycles. The highest BCUT2D eigenvalue weighted by Crippen LogP contribution is 2.08. The van der Waals surface area contributed by atoms with Gasteiger partial charge in [0.2, 0.25) is 5.91 Å². The number of carbonyl (C=O) groups excluding carboxylic acids is 1. The fourth-order valence-electron chi connectivity index (χ4n) is 2.01. The molecule has 2 N–H and O–H groups in total. The third-order valence-electron chi connectivity index (χ3n) is 3.41. The van der Waals surface area contributed by atoms with Crippen LogP contribution >= 0.6 is 0 Å². The Labute approximate surface area is 129 Å². The quantitative estimate of drug-likeness (QED) is 0.398. The second kappa shape index (κ2) is 13.7. The van der Waals surface area contributed by atoms with Gasteiger partial charge in [-0.2, -0.15) is 0 Å². The van der Waals surface area contributed by atoms with Gasteiger partial charge in [-0.25, -0.2) is 0 Å². The summed E-state index contributed by atoms with van der Waals surface area (Å²) in [5, 5.41) is 11.1. The van der Waals surface area contributed by atoms with Gasteiger partial charge in [-0.15, -0.1) is 0 Å². The van der Waals surface area contributed by atoms with Crippen molar-refractivity contribution >= 4 is 11.9 Å². The van der Waals surface area contributed by atoms with E-state index in [-0.39, 0.29) is 5.91 Å². The summed E-state index contributed by atoms with van der Waals surface area (Å²) in [7, 11) is 0. The summed E-state index contributed by atoms with van der Waals surface area (Å²) >= 11 is 0. The molecule has 0 spiro atoms. The Morgan fingerprint density at radius 3 is 2.19 bits per heavy atom. The van der Waals surface area contributed by atoms with Crippen LogP contribution in [-0.2, 0) is 9.59 Å². The van der Waals surface area contributed by atoms with Crippen molar-refractivity contribution in [2.24, 2.45) is 0 Å². The fourth-order valence-corrected chi connectivity index (χ4v) is 2.01. The highest BCUT2D eigenvalue weighted by atomic mass is 16.4. The van der Waals surface area contributed by atoms with Gasteiger partial charge in [-0.05, 0) is 32.6 Å². The second-order valence-electron chi connectivity index (χ2n) is 5.55. The topological polar surface area (TPSA) is 66.4 Å². The maximum absolute atomic E-state index is 11.4. The van der Waals surface area contributed by atoms with E-state index in [2.05, 4.69) is 24.4 Å². The van der Waals surface area contributed by atoms with E-state index in [1.807, 2.05) is 0 Å². The first-order chi connectivity index (χ1) is 10.1. The molecule has 0 aromatic rings. The van der Waals surface area contributed by atoms with Crippen LogP contribution in [0.4, 0.5) is 0 Å². The van der Waals surface area contributed by atoms with Crippen LogP contribution in [0.25, 0.3) is 0 Å². The highest BCUT2D eigenvalue weighted by Gasteiger charge is 2.12. The minimum absolute atomic E-state index is 0.163. The first-order valence-electron chi connectivity index (χ1n) is 8.25. The van der Waals surface area contributed by atoms with E-state index in [9.17, 15) is 9.59 Å². The van der Waals surface area contributed by atoms with Gasteiger partial charge in [-0.3, -0.25) is 9.59 Å². The molecule has 0 aliphatic rings. The molecule has 0 aliphatic heterocycles. The summed E-state index contributed by atoms with van der Waals surface area (Å²) in [4.78, 5) is 22.0. The minimum atomic E-state index is -0.990. The van der Waals surface area contributed by atoms with E-state index >= 15 is 0 Å². The van der Waals surface area contributed by atoms with Crippen molar-refractivity contribution in [3.8, 4) is 0 Å². The maximum atomic E-state index is 11.4. The van der Waals surface area contributed by atoms with Crippen molar-refractivity contribution in [2.45, 2.75) is 84.1 Å². The molecule has 0 bridgehead atoms. The highest BCUT2D eigenvalue weighted by molar-refractivity contribution is 5.83. The van der Waals surface area contributed by atoms with Crippen molar-refractivity contribution in [3.05, 3.63) is 12.2 Å². The zero-order chi connectivity index (χ0) is 15.9. The third-order valence-corrected chi connectivity index (χ3v) is 3.41. The molecule has 0 rings (SSSR count). The lowest BCUT2D eigenvalue weighted by atomic mass is 10.1. The summed E-state index contributed by atoms with van der Waals surface area (Å²) in [5.74, 6) is -1.15. The van der Waals surface area contributed by atoms with Gasteiger partial charge >= 0.3 is 5.97 Å². The van der Waals surface area contributed by atoms with E-state index in [4.69, 9.17) is 5.11 Å². The van der Waals surface area contributed by atoms with Crippen molar-refractivity contribution < 1.29 is 14.7 Å². The summed E-state index contributed by atoms with van der Waals surface area (Å²) in [6.45, 7) is 3.69. The predicted octanol–water partition coefficient (Wildman–Crippen LogP) is 4.05. The summed E-state index contributed by atoms with van der Waals surface area (Å²) in [5.41, 5.74) is 0. The lowest BCUT2D eigenvalue weighted by Gasteiger charge is -2.08. The number of nitrogens with one attached hydrogen (secondary N) is 1. The van der Waals surface area contributed by atoms with Crippen molar-refractivity contribution in [3.63, 3.8) is 0 Å². The minimum Gasteiger partial charge on any atom is -0.480 e. The molecule has 122 valence electrons. The standard InChI is InChI=1S/C17H31NO3/c1-3-4-5-6-7-8-9-10-11-12-13-14-16(19)18-15(2)17(20)21/h6-7,15H,3-5,8-14H2,1-2H3,(H,18,19)(H,20,21)/b7-6-/t15-/m0/s1. The van der Waals surface area contributed by atoms with Crippen LogP contribution in [0.15, 0.2) is 12.2 Å². The Balaban J connectivity index is 3.34. The normalized spacial score (nSPS) is 12.5. The zero-order valence-electron chi connectivity index (χ0n) is 13.6. The van der Waals surface area contributed by atoms with Crippen LogP contribution in [-0.4, -0.2) is 23.0 Å². The van der Waals surface area contributed by atoms with Gasteiger partial charge in [-0.1, -0.05) is 51.2 Å². The number of amides is 1. The molecule has 1 atom stereocenters. The molecular weight excluding hydrogens is 266 g/mol. The smallest absolute Gasteiger partial charge is 0.325 e. The molecule has 21 heavy (non-hydrogen) atoms. The maximum Gasteiger partial charge on any atom is 0.325 e. The molecule has 0 aromatic carbocycles. The van der Waals surface area contributed by atoms with E-state index < -0.39 is 12.0 Å². The average Bonchev–Trinajstić information content (AvgIpc) is 2.44. The first-order valence-corrected chi connectivity index (χ1v) is 8.25. The van der Waals surface area contributed by atoms with Crippen molar-refractivity contribution in [1.82, 2.24) is 5.32 Å². The number of allylic oxidation sites excluding steroid dienone is 2. The number of rotatable bonds is 13. The number of hydrogen-bond acceptors (Lipinski definition) is 2. The van der Waals surface area contributed by atoms with E-state index in [1.54, 1.807) is 0 Å². The largest absolute Gasteiger partial charge is 0.480 e. The van der Waals surface area contributed by atoms with E-state index in [0.717, 1.165) is 25.7 Å². The number of carboxylic acids is 1. The average molecular weight is 297 g/mol. The summed E-state index contributed by atoms with van der Waals surface area (Å²) in [6, 6.07) is -0.794. The molecule has 0 aliphatic carbocycles. The van der Waals surface area contributed by atoms with Gasteiger partial charge in [0, 0.05) is 6.42 Å². The monoisotopic (exact) mass is 297 g/mol. The van der Waals surface area contributed by atoms with Crippen molar-refractivity contribution in [2.75, 3.05) is 0 Å². The molecule has 0 radical (unpaired) electrons. The van der Waals surface area contributed by atoms with Gasteiger partial charge < -0.3 is 10.4 Å². The lowest BCUT2D eigenvalue weighted by molar-refractivity contribution is -0.141. The Morgan fingerprint density at radius 1 is 1.00 bits per heavy atom. The Morgan fingerprint density at radius 2 is 1.57 bits per heavy atom. The fraction of sp³-hybridized carbons (Fsp3) is 0.765. The van der Waals surface area contributed by atoms with Crippen molar-refractivity contribution in [1.29, 1.82) is 0 Å². The molecule has 0 unspecified atom stereocenters. The number of carboxylic acid groups (broad SMARTS) is 1. The van der Waals surface area contributed by atoms with E-state index in [1.165, 1.54) is 39.0 Å². The molecule has 0 fully saturated rings. The van der Waals surface area contributed by atoms with Gasteiger partial charge in [0.15, 0.2) is 0 Å². The van der Waals surface area contributed by atoms with Crippen LogP contribution in [0.3, 0.4) is 0 Å². The molecule has 0 saturated heterocycles. The predicted molar refractivity (Wildman–Crippen MR) is 86.2 cm³/mol. The third kappa shape index (κ3) is 13.4. The molecule has 0 saturated carbocycles. The first kappa shape index (κ1) is 19.7. The van der Waals surface area contributed by atoms with Gasteiger partial charge in [0.05, 0.1) is 0 Å². The van der Waals surface area contributed by atoms with E-state index in [0.29, 0.717) is 6.42 Å². The van der Waals surface area contributed by atoms with Crippen LogP contribution in [0.1, 0.15) is 78.1 Å². The second-order valence-corrected chi connectivity index (χ2v) is 5.55. The summed E-state index contributed by atoms with van der Waals surface area (Å²) in [6.07, 6.45) is 15.3. The molecule has 4 nitrogen and oxygen atoms in total. The SMILES string of the molecule is CCCC/C=C\CCCCCCCC(=O)N[C@@H](C)C(=O)O. The molecule has 1 amide bonds. The molecule has 0 heterocycles. The Hall–Kier alpha value is -1.32. The Kier molecular flexibility index (Phi) is 12.8. The van der Waals surface area contributed by atoms with Gasteiger partial charge in [0.1, 0.15) is 6.04 Å². The zero-order valence-corrected chi connectivity index (χ0v) is 13.6. The van der Waals surface area contributed by atoms with Crippen LogP contribution in [0.2, 0.25) is 0 Å². The van der Waals surface area contributed by atoms with Gasteiger partial charge in [0.25, 0.3) is 0 Å². The lowest BCUT2D eigenvalue weighted by Crippen LogP contribution is -2.38. The van der Waals surface area contributed by atoms with Crippen LogP contribution < -0.4 is 5.32 Å². The number of unbranched alkanes of at least 4 members (excludes halogenated alkanes) is 7. The number of carbonyl (C=O) groups is 2. The summed E-state index contributed by atoms with van der Waals surface area (Å²) < 4.78 is 0. The molecular formula is C17H31NO3. The number of hydrogen-bond donors (Lipinski definition) is 2. The Bertz CT molecular complexity index is 313. The number of aliphatic carboxylic acids is 1. The van der Waals surface area contributed by atoms with Crippen LogP contribution in [0.5, 0.6) is 0 Å². The van der Waals surface area contributed by atoms with Crippen LogP contribution in [0, 0.1) is 0 Å².